The van der Waals surface area contributed by atoms with E-state index in [1.165, 1.54) is 0 Å². The minimum atomic E-state index is -0.477. The minimum Gasteiger partial charge on any atom is -0.390 e. The quantitative estimate of drug-likeness (QED) is 0.771. The molecule has 2 rings (SSSR count). The van der Waals surface area contributed by atoms with Crippen LogP contribution in [0.25, 0.3) is 0 Å². The summed E-state index contributed by atoms with van der Waals surface area (Å²) in [5.41, 5.74) is 0.954. The third-order valence-corrected chi connectivity index (χ3v) is 4.79. The first-order valence-electron chi connectivity index (χ1n) is 8.93. The van der Waals surface area contributed by atoms with Crippen molar-refractivity contribution in [2.45, 2.75) is 12.1 Å². The van der Waals surface area contributed by atoms with Crippen molar-refractivity contribution < 1.29 is 9.90 Å². The van der Waals surface area contributed by atoms with E-state index in [2.05, 4.69) is 16.8 Å². The summed E-state index contributed by atoms with van der Waals surface area (Å²) >= 11 is 0. The van der Waals surface area contributed by atoms with Crippen LogP contribution in [0.15, 0.2) is 30.3 Å². The number of likely N-dealkylation sites (N-methyl/N-ethyl adjacent to an activating group) is 3. The smallest absolute Gasteiger partial charge is 0.244 e. The Balaban J connectivity index is 1.99. The van der Waals surface area contributed by atoms with Crippen LogP contribution in [0.5, 0.6) is 0 Å². The summed E-state index contributed by atoms with van der Waals surface area (Å²) < 4.78 is 0. The lowest BCUT2D eigenvalue weighted by atomic mass is 10.0. The molecule has 1 fully saturated rings. The number of piperazine rings is 1. The maximum absolute atomic E-state index is 12.7. The number of nitrogens with zero attached hydrogens (tertiary/aromatic N) is 4. The average molecular weight is 348 g/mol. The van der Waals surface area contributed by atoms with Crippen molar-refractivity contribution in [3.63, 3.8) is 0 Å². The Morgan fingerprint density at radius 1 is 1.12 bits per heavy atom. The van der Waals surface area contributed by atoms with Gasteiger partial charge >= 0.3 is 0 Å². The van der Waals surface area contributed by atoms with Gasteiger partial charge in [-0.1, -0.05) is 30.3 Å². The Bertz CT molecular complexity index is 529. The molecular weight excluding hydrogens is 316 g/mol. The van der Waals surface area contributed by atoms with Gasteiger partial charge in [0.05, 0.1) is 6.10 Å². The van der Waals surface area contributed by atoms with Crippen molar-refractivity contribution in [2.75, 3.05) is 67.5 Å². The predicted molar refractivity (Wildman–Crippen MR) is 100 cm³/mol. The molecule has 1 aromatic carbocycles. The van der Waals surface area contributed by atoms with Gasteiger partial charge < -0.3 is 14.9 Å². The van der Waals surface area contributed by atoms with Gasteiger partial charge in [-0.05, 0) is 19.7 Å². The first-order valence-corrected chi connectivity index (χ1v) is 8.93. The standard InChI is InChI=1S/C19H32N4O2/c1-20(2)19(25)18(16-8-6-5-7-9-16)22(4)14-17(24)15-23-12-10-21(3)11-13-23/h5-9,17-18,24H,10-15H2,1-4H3. The topological polar surface area (TPSA) is 50.3 Å². The number of rotatable bonds is 7. The summed E-state index contributed by atoms with van der Waals surface area (Å²) in [5, 5.41) is 10.5. The lowest BCUT2D eigenvalue weighted by Crippen LogP contribution is -2.49. The summed E-state index contributed by atoms with van der Waals surface area (Å²) in [4.78, 5) is 20.8. The summed E-state index contributed by atoms with van der Waals surface area (Å²) in [6, 6.07) is 9.39. The van der Waals surface area contributed by atoms with Crippen LogP contribution < -0.4 is 0 Å². The van der Waals surface area contributed by atoms with Gasteiger partial charge in [0.1, 0.15) is 6.04 Å². The van der Waals surface area contributed by atoms with Crippen molar-refractivity contribution >= 4 is 5.91 Å². The number of β-amino-alcohol motifs (C(OH)–C–C–N with tert-alkyl or cyclic N) is 1. The van der Waals surface area contributed by atoms with Crippen LogP contribution in [0.3, 0.4) is 0 Å². The maximum atomic E-state index is 12.7. The number of aliphatic hydroxyl groups excluding tert-OH is 1. The lowest BCUT2D eigenvalue weighted by Gasteiger charge is -2.35. The van der Waals surface area contributed by atoms with E-state index in [1.807, 2.05) is 42.3 Å². The predicted octanol–water partition coefficient (Wildman–Crippen LogP) is 0.356. The fourth-order valence-corrected chi connectivity index (χ4v) is 3.29. The van der Waals surface area contributed by atoms with Crippen molar-refractivity contribution in [3.8, 4) is 0 Å². The van der Waals surface area contributed by atoms with Crippen molar-refractivity contribution in [2.24, 2.45) is 0 Å². The summed E-state index contributed by atoms with van der Waals surface area (Å²) in [7, 11) is 7.57. The number of hydrogen-bond donors (Lipinski definition) is 1. The number of carbonyl (C=O) groups excluding carboxylic acids is 1. The number of hydrogen-bond acceptors (Lipinski definition) is 5. The molecule has 1 aromatic rings. The molecule has 140 valence electrons. The van der Waals surface area contributed by atoms with Crippen molar-refractivity contribution in [1.29, 1.82) is 0 Å². The molecule has 1 heterocycles. The molecule has 0 radical (unpaired) electrons. The Morgan fingerprint density at radius 2 is 1.72 bits per heavy atom. The molecule has 0 saturated carbocycles. The molecule has 1 saturated heterocycles. The SMILES string of the molecule is CN1CCN(CC(O)CN(C)C(C(=O)N(C)C)c2ccccc2)CC1. The number of benzene rings is 1. The van der Waals surface area contributed by atoms with E-state index in [4.69, 9.17) is 0 Å². The molecule has 1 amide bonds. The second-order valence-electron chi connectivity index (χ2n) is 7.24. The van der Waals surface area contributed by atoms with E-state index in [9.17, 15) is 9.90 Å². The molecular formula is C19H32N4O2. The van der Waals surface area contributed by atoms with E-state index < -0.39 is 6.10 Å². The van der Waals surface area contributed by atoms with E-state index in [0.29, 0.717) is 13.1 Å². The Hall–Kier alpha value is -1.47. The zero-order chi connectivity index (χ0) is 18.4. The van der Waals surface area contributed by atoms with Gasteiger partial charge in [-0.2, -0.15) is 0 Å². The van der Waals surface area contributed by atoms with Crippen LogP contribution in [-0.2, 0) is 4.79 Å². The summed E-state index contributed by atoms with van der Waals surface area (Å²) in [5.74, 6) is 0.0282. The number of carbonyl (C=O) groups is 1. The van der Waals surface area contributed by atoms with E-state index >= 15 is 0 Å². The van der Waals surface area contributed by atoms with Gasteiger partial charge in [-0.3, -0.25) is 14.6 Å². The zero-order valence-electron chi connectivity index (χ0n) is 15.9. The van der Waals surface area contributed by atoms with Gasteiger partial charge in [0.15, 0.2) is 0 Å². The Labute approximate surface area is 151 Å². The maximum Gasteiger partial charge on any atom is 0.244 e. The third kappa shape index (κ3) is 5.78. The van der Waals surface area contributed by atoms with Gasteiger partial charge in [0.2, 0.25) is 5.91 Å². The molecule has 0 aromatic heterocycles. The minimum absolute atomic E-state index is 0.0282. The Kier molecular flexibility index (Phi) is 7.38. The first kappa shape index (κ1) is 19.8. The molecule has 2 atom stereocenters. The van der Waals surface area contributed by atoms with Crippen molar-refractivity contribution in [3.05, 3.63) is 35.9 Å². The Morgan fingerprint density at radius 3 is 2.28 bits per heavy atom. The highest BCUT2D eigenvalue weighted by Crippen LogP contribution is 2.21. The molecule has 1 aliphatic rings. The van der Waals surface area contributed by atoms with Gasteiger partial charge in [-0.25, -0.2) is 0 Å². The molecule has 0 aliphatic carbocycles. The van der Waals surface area contributed by atoms with Crippen LogP contribution in [0.4, 0.5) is 0 Å². The highest BCUT2D eigenvalue weighted by molar-refractivity contribution is 5.82. The molecule has 6 nitrogen and oxygen atoms in total. The molecule has 1 N–H and O–H groups in total. The van der Waals surface area contributed by atoms with Crippen LogP contribution in [0.2, 0.25) is 0 Å². The van der Waals surface area contributed by atoms with Gasteiger partial charge in [-0.15, -0.1) is 0 Å². The van der Waals surface area contributed by atoms with Crippen LogP contribution in [-0.4, -0.2) is 104 Å². The molecule has 2 unspecified atom stereocenters. The van der Waals surface area contributed by atoms with E-state index in [-0.39, 0.29) is 11.9 Å². The third-order valence-electron chi connectivity index (χ3n) is 4.79. The molecule has 0 spiro atoms. The second-order valence-corrected chi connectivity index (χ2v) is 7.24. The van der Waals surface area contributed by atoms with E-state index in [1.54, 1.807) is 19.0 Å². The highest BCUT2D eigenvalue weighted by atomic mass is 16.3. The van der Waals surface area contributed by atoms with Crippen LogP contribution in [0, 0.1) is 0 Å². The normalized spacial score (nSPS) is 19.0. The van der Waals surface area contributed by atoms with Crippen LogP contribution in [0.1, 0.15) is 11.6 Å². The molecule has 25 heavy (non-hydrogen) atoms. The van der Waals surface area contributed by atoms with E-state index in [0.717, 1.165) is 31.7 Å². The van der Waals surface area contributed by atoms with Gasteiger partial charge in [0, 0.05) is 53.4 Å². The number of amides is 1. The lowest BCUT2D eigenvalue weighted by molar-refractivity contribution is -0.134. The first-order chi connectivity index (χ1) is 11.9. The van der Waals surface area contributed by atoms with Crippen LogP contribution >= 0.6 is 0 Å². The molecule has 1 aliphatic heterocycles. The highest BCUT2D eigenvalue weighted by Gasteiger charge is 2.28. The number of aliphatic hydroxyl groups is 1. The summed E-state index contributed by atoms with van der Waals surface area (Å²) in [6.45, 7) is 5.15. The molecule has 0 bridgehead atoms. The fourth-order valence-electron chi connectivity index (χ4n) is 3.29. The van der Waals surface area contributed by atoms with Gasteiger partial charge in [0.25, 0.3) is 0 Å². The zero-order valence-corrected chi connectivity index (χ0v) is 15.9. The fraction of sp³-hybridized carbons (Fsp3) is 0.632. The second kappa shape index (κ2) is 9.29. The molecule has 6 heteroatoms. The largest absolute Gasteiger partial charge is 0.390 e. The summed E-state index contributed by atoms with van der Waals surface area (Å²) in [6.07, 6.45) is -0.477. The average Bonchev–Trinajstić information content (AvgIpc) is 2.58. The van der Waals surface area contributed by atoms with Crippen molar-refractivity contribution in [1.82, 2.24) is 19.6 Å². The monoisotopic (exact) mass is 348 g/mol.